The van der Waals surface area contributed by atoms with Crippen LogP contribution in [0.15, 0.2) is 167 Å². The SMILES string of the molecule is COC(=O)C1=C(\[Si](OC)(c2ccccc2)c2ccccc2)C(=O)N(c2ccccc2)\C(c2ccccc2)=C(C)/C(c2ccc(C)cc2)=N\1. The maximum Gasteiger partial charge on any atom is 0.356 e. The van der Waals surface area contributed by atoms with Crippen LogP contribution in [0, 0.1) is 6.92 Å². The maximum atomic E-state index is 15.8. The van der Waals surface area contributed by atoms with Gasteiger partial charge in [0.25, 0.3) is 14.2 Å². The molecule has 0 N–H and O–H groups in total. The van der Waals surface area contributed by atoms with Gasteiger partial charge < -0.3 is 9.16 Å². The van der Waals surface area contributed by atoms with E-state index < -0.39 is 20.2 Å². The topological polar surface area (TPSA) is 68.2 Å². The first kappa shape index (κ1) is 32.3. The van der Waals surface area contributed by atoms with Crippen LogP contribution in [0.2, 0.25) is 0 Å². The zero-order valence-corrected chi connectivity index (χ0v) is 28.4. The molecule has 1 aliphatic rings. The first-order chi connectivity index (χ1) is 23.4. The Morgan fingerprint density at radius 1 is 0.646 bits per heavy atom. The molecular formula is C41H36N2O4Si. The third-order valence-corrected chi connectivity index (χ3v) is 12.7. The van der Waals surface area contributed by atoms with E-state index in [2.05, 4.69) is 0 Å². The molecule has 7 heteroatoms. The van der Waals surface area contributed by atoms with E-state index in [0.717, 1.165) is 27.1 Å². The number of methoxy groups -OCH3 is 1. The summed E-state index contributed by atoms with van der Waals surface area (Å²) in [5.74, 6) is -1.15. The highest BCUT2D eigenvalue weighted by molar-refractivity contribution is 7.06. The molecule has 6 rings (SSSR count). The Morgan fingerprint density at radius 3 is 1.65 bits per heavy atom. The number of esters is 1. The van der Waals surface area contributed by atoms with Crippen LogP contribution in [0.25, 0.3) is 5.70 Å². The second-order valence-electron chi connectivity index (χ2n) is 11.5. The minimum Gasteiger partial charge on any atom is -0.464 e. The van der Waals surface area contributed by atoms with Gasteiger partial charge in [-0.05, 0) is 41.9 Å². The Morgan fingerprint density at radius 2 is 1.15 bits per heavy atom. The van der Waals surface area contributed by atoms with Crippen LogP contribution >= 0.6 is 0 Å². The van der Waals surface area contributed by atoms with Gasteiger partial charge in [-0.3, -0.25) is 9.69 Å². The Hall–Kier alpha value is -5.63. The highest BCUT2D eigenvalue weighted by Crippen LogP contribution is 2.37. The van der Waals surface area contributed by atoms with Crippen molar-refractivity contribution in [3.63, 3.8) is 0 Å². The number of aliphatic imine (C=N–C) groups is 1. The van der Waals surface area contributed by atoms with E-state index in [1.807, 2.05) is 159 Å². The molecule has 5 aromatic carbocycles. The number of ether oxygens (including phenoxy) is 1. The average Bonchev–Trinajstić information content (AvgIpc) is 3.14. The van der Waals surface area contributed by atoms with Crippen LogP contribution in [0.5, 0.6) is 0 Å². The van der Waals surface area contributed by atoms with E-state index in [9.17, 15) is 4.79 Å². The van der Waals surface area contributed by atoms with Crippen LogP contribution in [0.4, 0.5) is 5.69 Å². The molecule has 1 heterocycles. The Kier molecular flexibility index (Phi) is 9.43. The molecule has 0 aliphatic carbocycles. The minimum absolute atomic E-state index is 0.0910. The summed E-state index contributed by atoms with van der Waals surface area (Å²) >= 11 is 0. The molecule has 0 unspecified atom stereocenters. The summed E-state index contributed by atoms with van der Waals surface area (Å²) in [4.78, 5) is 36.8. The minimum atomic E-state index is -3.79. The van der Waals surface area contributed by atoms with E-state index in [-0.39, 0.29) is 10.9 Å². The van der Waals surface area contributed by atoms with Gasteiger partial charge in [0.1, 0.15) is 0 Å². The monoisotopic (exact) mass is 648 g/mol. The Balaban J connectivity index is 1.85. The number of hydrogen-bond donors (Lipinski definition) is 0. The number of nitrogens with zero attached hydrogens (tertiary/aromatic N) is 2. The third-order valence-electron chi connectivity index (χ3n) is 8.60. The number of anilines is 1. The molecule has 238 valence electrons. The number of aryl methyl sites for hydroxylation is 1. The molecule has 0 radical (unpaired) electrons. The number of benzene rings is 5. The molecule has 1 amide bonds. The Labute approximate surface area is 282 Å². The number of carbonyl (C=O) groups excluding carboxylic acids is 2. The molecule has 0 saturated carbocycles. The number of para-hydroxylation sites is 1. The lowest BCUT2D eigenvalue weighted by Gasteiger charge is -2.38. The number of allylic oxidation sites excluding steroid dienone is 1. The van der Waals surface area contributed by atoms with Gasteiger partial charge in [-0.1, -0.05) is 139 Å². The van der Waals surface area contributed by atoms with Crippen LogP contribution < -0.4 is 15.3 Å². The molecule has 0 spiro atoms. The zero-order valence-electron chi connectivity index (χ0n) is 27.4. The van der Waals surface area contributed by atoms with E-state index in [0.29, 0.717) is 22.7 Å². The van der Waals surface area contributed by atoms with Crippen LogP contribution in [-0.4, -0.2) is 40.1 Å². The molecule has 6 nitrogen and oxygen atoms in total. The zero-order chi connectivity index (χ0) is 33.7. The van der Waals surface area contributed by atoms with Crippen molar-refractivity contribution in [1.82, 2.24) is 0 Å². The number of hydrogen-bond acceptors (Lipinski definition) is 5. The first-order valence-corrected chi connectivity index (χ1v) is 17.6. The van der Waals surface area contributed by atoms with Crippen molar-refractivity contribution in [3.05, 3.63) is 179 Å². The third kappa shape index (κ3) is 5.85. The molecule has 0 fully saturated rings. The molecule has 5 aromatic rings. The largest absolute Gasteiger partial charge is 0.464 e. The standard InChI is InChI=1S/C41H36N2O4Si/c1-29-25-27-31(28-26-29)36-30(2)38(32-17-9-5-10-18-32)43(33-19-11-6-12-20-33)40(44)39(37(42-36)41(45)46-3)48(47-4,34-21-13-7-14-22-34)35-23-15-8-16-24-35/h5-28H,1-4H3/b38-30-,39-37+,42-36+. The fraction of sp³-hybridized carbons (Fsp3) is 0.0976. The van der Waals surface area contributed by atoms with Gasteiger partial charge in [0.15, 0.2) is 5.70 Å². The molecule has 0 aromatic heterocycles. The fourth-order valence-corrected chi connectivity index (χ4v) is 10.1. The van der Waals surface area contributed by atoms with Crippen molar-refractivity contribution in [1.29, 1.82) is 0 Å². The van der Waals surface area contributed by atoms with E-state index in [1.165, 1.54) is 7.11 Å². The summed E-state index contributed by atoms with van der Waals surface area (Å²) in [5.41, 5.74) is 5.13. The van der Waals surface area contributed by atoms with Crippen molar-refractivity contribution in [3.8, 4) is 0 Å². The molecular weight excluding hydrogens is 613 g/mol. The van der Waals surface area contributed by atoms with Gasteiger partial charge in [-0.25, -0.2) is 9.79 Å². The fourth-order valence-electron chi connectivity index (χ4n) is 6.30. The van der Waals surface area contributed by atoms with Gasteiger partial charge in [-0.15, -0.1) is 0 Å². The molecule has 0 bridgehead atoms. The van der Waals surface area contributed by atoms with Crippen molar-refractivity contribution < 1.29 is 18.8 Å². The summed E-state index contributed by atoms with van der Waals surface area (Å²) in [5, 5.41) is 1.72. The highest BCUT2D eigenvalue weighted by atomic mass is 28.4. The second-order valence-corrected chi connectivity index (χ2v) is 14.9. The van der Waals surface area contributed by atoms with Crippen molar-refractivity contribution in [2.24, 2.45) is 4.99 Å². The van der Waals surface area contributed by atoms with Gasteiger partial charge >= 0.3 is 5.97 Å². The smallest absolute Gasteiger partial charge is 0.356 e. The molecule has 1 aliphatic heterocycles. The predicted molar refractivity (Wildman–Crippen MR) is 195 cm³/mol. The van der Waals surface area contributed by atoms with E-state index in [1.54, 1.807) is 12.0 Å². The van der Waals surface area contributed by atoms with Crippen molar-refractivity contribution >= 4 is 47.7 Å². The lowest BCUT2D eigenvalue weighted by molar-refractivity contribution is -0.136. The lowest BCUT2D eigenvalue weighted by Crippen LogP contribution is -2.65. The maximum absolute atomic E-state index is 15.8. The van der Waals surface area contributed by atoms with Gasteiger partial charge in [0.05, 0.1) is 23.7 Å². The molecule has 48 heavy (non-hydrogen) atoms. The van der Waals surface area contributed by atoms with Crippen LogP contribution in [-0.2, 0) is 18.8 Å². The van der Waals surface area contributed by atoms with Crippen molar-refractivity contribution in [2.75, 3.05) is 19.1 Å². The number of amides is 1. The lowest BCUT2D eigenvalue weighted by atomic mass is 9.95. The Bertz CT molecular complexity index is 1980. The molecule has 0 saturated heterocycles. The quantitative estimate of drug-likeness (QED) is 0.140. The van der Waals surface area contributed by atoms with Crippen LogP contribution in [0.3, 0.4) is 0 Å². The molecule has 0 atom stereocenters. The first-order valence-electron chi connectivity index (χ1n) is 15.7. The summed E-state index contributed by atoms with van der Waals surface area (Å²) in [6.45, 7) is 3.97. The number of rotatable bonds is 8. The normalized spacial score (nSPS) is 18.0. The van der Waals surface area contributed by atoms with Crippen LogP contribution in [0.1, 0.15) is 23.6 Å². The second kappa shape index (κ2) is 14.0. The predicted octanol–water partition coefficient (Wildman–Crippen LogP) is 6.63. The van der Waals surface area contributed by atoms with Gasteiger partial charge in [0, 0.05) is 23.9 Å². The average molecular weight is 649 g/mol. The summed E-state index contributed by atoms with van der Waals surface area (Å²) in [6.07, 6.45) is 0. The van der Waals surface area contributed by atoms with Gasteiger partial charge in [-0.2, -0.15) is 0 Å². The summed E-state index contributed by atoms with van der Waals surface area (Å²) in [7, 11) is -0.871. The summed E-state index contributed by atoms with van der Waals surface area (Å²) < 4.78 is 12.1. The van der Waals surface area contributed by atoms with Crippen molar-refractivity contribution in [2.45, 2.75) is 13.8 Å². The van der Waals surface area contributed by atoms with Gasteiger partial charge in [0.2, 0.25) is 0 Å². The highest BCUT2D eigenvalue weighted by Gasteiger charge is 2.51. The van der Waals surface area contributed by atoms with E-state index in [4.69, 9.17) is 14.2 Å². The summed E-state index contributed by atoms with van der Waals surface area (Å²) in [6, 6.07) is 46.6. The van der Waals surface area contributed by atoms with E-state index >= 15 is 4.79 Å². The number of carbonyl (C=O) groups is 2.